The summed E-state index contributed by atoms with van der Waals surface area (Å²) in [6.45, 7) is 0. The largest absolute Gasteiger partial charge is 0.478 e. The van der Waals surface area contributed by atoms with E-state index in [1.54, 1.807) is 36.4 Å². The van der Waals surface area contributed by atoms with Crippen molar-refractivity contribution in [2.24, 2.45) is 0 Å². The van der Waals surface area contributed by atoms with Crippen LogP contribution in [0.1, 0.15) is 10.4 Å². The van der Waals surface area contributed by atoms with Gasteiger partial charge in [0.05, 0.1) is 11.3 Å². The second kappa shape index (κ2) is 10.1. The Morgan fingerprint density at radius 2 is 1.23 bits per heavy atom. The number of thioether (sulfide) groups is 1. The van der Waals surface area contributed by atoms with Crippen LogP contribution in [0.25, 0.3) is 0 Å². The van der Waals surface area contributed by atoms with Crippen molar-refractivity contribution in [3.8, 4) is 0 Å². The van der Waals surface area contributed by atoms with Gasteiger partial charge >= 0.3 is 12.0 Å². The van der Waals surface area contributed by atoms with Gasteiger partial charge in [-0.25, -0.2) is 9.59 Å². The molecule has 3 rings (SSSR count). The molecule has 0 aliphatic heterocycles. The summed E-state index contributed by atoms with van der Waals surface area (Å²) in [7, 11) is 0. The number of rotatable bonds is 7. The number of carbonyl (C=O) groups excluding carboxylic acids is 2. The van der Waals surface area contributed by atoms with E-state index in [1.807, 2.05) is 30.3 Å². The van der Waals surface area contributed by atoms with Crippen LogP contribution in [0, 0.1) is 0 Å². The second-order valence-electron chi connectivity index (χ2n) is 6.19. The third-order valence-corrected chi connectivity index (χ3v) is 4.94. The predicted octanol–water partition coefficient (Wildman–Crippen LogP) is 4.76. The molecule has 0 atom stereocenters. The van der Waals surface area contributed by atoms with Crippen molar-refractivity contribution in [2.45, 2.75) is 4.90 Å². The van der Waals surface area contributed by atoms with Gasteiger partial charge in [0, 0.05) is 22.0 Å². The van der Waals surface area contributed by atoms with E-state index >= 15 is 0 Å². The van der Waals surface area contributed by atoms with Crippen molar-refractivity contribution in [3.63, 3.8) is 0 Å². The number of para-hydroxylation sites is 1. The van der Waals surface area contributed by atoms with Crippen LogP contribution in [0.15, 0.2) is 83.8 Å². The highest BCUT2D eigenvalue weighted by Gasteiger charge is 2.07. The SMILES string of the molecule is O=C(CSc1ccc(NC(=O)Nc2ccccc2)cc1)Nc1ccc(C(=O)O)cc1. The van der Waals surface area contributed by atoms with Gasteiger partial charge in [-0.1, -0.05) is 18.2 Å². The number of urea groups is 1. The normalized spacial score (nSPS) is 10.1. The minimum atomic E-state index is -1.01. The van der Waals surface area contributed by atoms with Crippen LogP contribution < -0.4 is 16.0 Å². The standard InChI is InChI=1S/C22H19N3O4S/c26-20(23-17-8-6-15(7-9-17)21(27)28)14-30-19-12-10-18(11-13-19)25-22(29)24-16-4-2-1-3-5-16/h1-13H,14H2,(H,23,26)(H,27,28)(H2,24,25,29). The molecule has 4 N–H and O–H groups in total. The monoisotopic (exact) mass is 421 g/mol. The fourth-order valence-electron chi connectivity index (χ4n) is 2.49. The van der Waals surface area contributed by atoms with Crippen LogP contribution in [0.4, 0.5) is 21.9 Å². The maximum atomic E-state index is 12.1. The summed E-state index contributed by atoms with van der Waals surface area (Å²) in [4.78, 5) is 35.8. The van der Waals surface area contributed by atoms with Gasteiger partial charge in [-0.2, -0.15) is 0 Å². The van der Waals surface area contributed by atoms with E-state index in [-0.39, 0.29) is 23.3 Å². The van der Waals surface area contributed by atoms with Crippen molar-refractivity contribution < 1.29 is 19.5 Å². The Hall–Kier alpha value is -3.78. The highest BCUT2D eigenvalue weighted by atomic mass is 32.2. The Morgan fingerprint density at radius 3 is 1.83 bits per heavy atom. The molecule has 3 aromatic carbocycles. The number of benzene rings is 3. The van der Waals surface area contributed by atoms with Crippen molar-refractivity contribution in [2.75, 3.05) is 21.7 Å². The molecule has 3 amide bonds. The van der Waals surface area contributed by atoms with E-state index in [2.05, 4.69) is 16.0 Å². The van der Waals surface area contributed by atoms with Crippen molar-refractivity contribution in [1.29, 1.82) is 0 Å². The summed E-state index contributed by atoms with van der Waals surface area (Å²) in [5.41, 5.74) is 2.03. The summed E-state index contributed by atoms with van der Waals surface area (Å²) < 4.78 is 0. The minimum absolute atomic E-state index is 0.161. The second-order valence-corrected chi connectivity index (χ2v) is 7.24. The summed E-state index contributed by atoms with van der Waals surface area (Å²) in [5.74, 6) is -1.02. The molecule has 7 nitrogen and oxygen atoms in total. The molecular formula is C22H19N3O4S. The van der Waals surface area contributed by atoms with Gasteiger partial charge in [0.1, 0.15) is 0 Å². The Labute approximate surface area is 177 Å². The molecule has 0 aromatic heterocycles. The van der Waals surface area contributed by atoms with Gasteiger partial charge in [0.25, 0.3) is 0 Å². The Balaban J connectivity index is 1.45. The number of hydrogen-bond acceptors (Lipinski definition) is 4. The predicted molar refractivity (Wildman–Crippen MR) is 118 cm³/mol. The van der Waals surface area contributed by atoms with Gasteiger partial charge in [-0.15, -0.1) is 11.8 Å². The molecule has 0 bridgehead atoms. The number of carboxylic acid groups (broad SMARTS) is 1. The molecule has 8 heteroatoms. The zero-order chi connectivity index (χ0) is 21.3. The number of amides is 3. The topological polar surface area (TPSA) is 108 Å². The zero-order valence-corrected chi connectivity index (χ0v) is 16.6. The van der Waals surface area contributed by atoms with Crippen LogP contribution in [0.5, 0.6) is 0 Å². The van der Waals surface area contributed by atoms with E-state index in [4.69, 9.17) is 5.11 Å². The number of aromatic carboxylic acids is 1. The molecular weight excluding hydrogens is 402 g/mol. The third kappa shape index (κ3) is 6.39. The average Bonchev–Trinajstić information content (AvgIpc) is 2.74. The van der Waals surface area contributed by atoms with Crippen LogP contribution in [0.3, 0.4) is 0 Å². The maximum Gasteiger partial charge on any atom is 0.335 e. The quantitative estimate of drug-likeness (QED) is 0.412. The fraction of sp³-hybridized carbons (Fsp3) is 0.0455. The van der Waals surface area contributed by atoms with Gasteiger partial charge in [-0.05, 0) is 60.7 Å². The molecule has 30 heavy (non-hydrogen) atoms. The van der Waals surface area contributed by atoms with Gasteiger partial charge < -0.3 is 21.1 Å². The summed E-state index contributed by atoms with van der Waals surface area (Å²) >= 11 is 1.35. The number of nitrogens with one attached hydrogen (secondary N) is 3. The lowest BCUT2D eigenvalue weighted by atomic mass is 10.2. The Morgan fingerprint density at radius 1 is 0.700 bits per heavy atom. The maximum absolute atomic E-state index is 12.1. The van der Waals surface area contributed by atoms with Crippen LogP contribution in [0.2, 0.25) is 0 Å². The smallest absolute Gasteiger partial charge is 0.335 e. The van der Waals surface area contributed by atoms with E-state index in [9.17, 15) is 14.4 Å². The lowest BCUT2D eigenvalue weighted by molar-refractivity contribution is -0.113. The Bertz CT molecular complexity index is 1020. The number of anilines is 3. The number of hydrogen-bond donors (Lipinski definition) is 4. The first kappa shape index (κ1) is 20.9. The van der Waals surface area contributed by atoms with E-state index in [1.165, 1.54) is 23.9 Å². The highest BCUT2D eigenvalue weighted by molar-refractivity contribution is 8.00. The lowest BCUT2D eigenvalue weighted by Gasteiger charge is -2.09. The van der Waals surface area contributed by atoms with E-state index < -0.39 is 5.97 Å². The van der Waals surface area contributed by atoms with Crippen molar-refractivity contribution >= 4 is 46.7 Å². The molecule has 0 radical (unpaired) electrons. The summed E-state index contributed by atoms with van der Waals surface area (Å²) in [5, 5.41) is 17.1. The minimum Gasteiger partial charge on any atom is -0.478 e. The summed E-state index contributed by atoms with van der Waals surface area (Å²) in [6.07, 6.45) is 0. The average molecular weight is 421 g/mol. The molecule has 0 unspecified atom stereocenters. The first-order valence-electron chi connectivity index (χ1n) is 8.99. The molecule has 0 aliphatic rings. The first-order valence-corrected chi connectivity index (χ1v) is 9.97. The van der Waals surface area contributed by atoms with Crippen molar-refractivity contribution in [3.05, 3.63) is 84.4 Å². The number of carboxylic acids is 1. The molecule has 0 saturated carbocycles. The van der Waals surface area contributed by atoms with E-state index in [0.717, 1.165) is 4.90 Å². The summed E-state index contributed by atoms with van der Waals surface area (Å²) in [6, 6.07) is 21.9. The van der Waals surface area contributed by atoms with Gasteiger partial charge in [-0.3, -0.25) is 4.79 Å². The Kier molecular flexibility index (Phi) is 7.07. The van der Waals surface area contributed by atoms with E-state index in [0.29, 0.717) is 17.1 Å². The van der Waals surface area contributed by atoms with Crippen LogP contribution in [-0.4, -0.2) is 28.8 Å². The molecule has 0 heterocycles. The van der Waals surface area contributed by atoms with Crippen molar-refractivity contribution in [1.82, 2.24) is 0 Å². The number of carbonyl (C=O) groups is 3. The molecule has 0 aliphatic carbocycles. The first-order chi connectivity index (χ1) is 14.5. The molecule has 152 valence electrons. The fourth-order valence-corrected chi connectivity index (χ4v) is 3.19. The molecule has 3 aromatic rings. The molecule has 0 spiro atoms. The molecule has 0 saturated heterocycles. The lowest BCUT2D eigenvalue weighted by Crippen LogP contribution is -2.19. The van der Waals surface area contributed by atoms with Crippen LogP contribution in [-0.2, 0) is 4.79 Å². The van der Waals surface area contributed by atoms with Gasteiger partial charge in [0.2, 0.25) is 5.91 Å². The molecule has 0 fully saturated rings. The zero-order valence-electron chi connectivity index (χ0n) is 15.8. The third-order valence-electron chi connectivity index (χ3n) is 3.93. The van der Waals surface area contributed by atoms with Crippen LogP contribution >= 0.6 is 11.8 Å². The highest BCUT2D eigenvalue weighted by Crippen LogP contribution is 2.21. The van der Waals surface area contributed by atoms with Gasteiger partial charge in [0.15, 0.2) is 0 Å².